The zero-order valence-electron chi connectivity index (χ0n) is 19.0. The first-order chi connectivity index (χ1) is 15.6. The highest BCUT2D eigenvalue weighted by Gasteiger charge is 2.32. The lowest BCUT2D eigenvalue weighted by molar-refractivity contribution is -0.126. The van der Waals surface area contributed by atoms with Gasteiger partial charge in [0.05, 0.1) is 22.9 Å². The fraction of sp³-hybridized carbons (Fsp3) is 0.435. The molecule has 0 saturated carbocycles. The van der Waals surface area contributed by atoms with Crippen molar-refractivity contribution >= 4 is 25.8 Å². The third-order valence-electron chi connectivity index (χ3n) is 5.96. The average molecular weight is 495 g/mol. The largest absolute Gasteiger partial charge is 0.497 e. The van der Waals surface area contributed by atoms with Crippen LogP contribution in [0.1, 0.15) is 37.8 Å². The zero-order valence-corrected chi connectivity index (χ0v) is 20.7. The molecule has 0 bridgehead atoms. The number of hydrogen-bond acceptors (Lipinski definition) is 6. The van der Waals surface area contributed by atoms with Gasteiger partial charge in [0.15, 0.2) is 9.84 Å². The van der Waals surface area contributed by atoms with Crippen LogP contribution in [0.4, 0.5) is 0 Å². The minimum absolute atomic E-state index is 0.115. The second kappa shape index (κ2) is 10.2. The molecule has 8 nitrogen and oxygen atoms in total. The van der Waals surface area contributed by atoms with Crippen molar-refractivity contribution in [1.82, 2.24) is 9.62 Å². The summed E-state index contributed by atoms with van der Waals surface area (Å²) in [7, 11) is -5.39. The van der Waals surface area contributed by atoms with E-state index in [-0.39, 0.29) is 40.7 Å². The summed E-state index contributed by atoms with van der Waals surface area (Å²) >= 11 is 0. The van der Waals surface area contributed by atoms with Gasteiger partial charge in [0.25, 0.3) is 0 Å². The van der Waals surface area contributed by atoms with Gasteiger partial charge in [-0.05, 0) is 61.2 Å². The first-order valence-electron chi connectivity index (χ1n) is 10.8. The summed E-state index contributed by atoms with van der Waals surface area (Å²) in [5.41, 5.74) is 0.831. The molecule has 1 saturated heterocycles. The molecule has 3 rings (SSSR count). The maximum atomic E-state index is 12.9. The number of methoxy groups -OCH3 is 1. The Hall–Kier alpha value is -2.43. The van der Waals surface area contributed by atoms with E-state index in [0.717, 1.165) is 11.8 Å². The highest BCUT2D eigenvalue weighted by molar-refractivity contribution is 7.90. The Morgan fingerprint density at radius 2 is 1.55 bits per heavy atom. The first kappa shape index (κ1) is 25.2. The van der Waals surface area contributed by atoms with E-state index >= 15 is 0 Å². The number of nitrogens with one attached hydrogen (secondary N) is 1. The van der Waals surface area contributed by atoms with E-state index in [0.29, 0.717) is 25.0 Å². The van der Waals surface area contributed by atoms with Crippen molar-refractivity contribution in [2.24, 2.45) is 5.92 Å². The summed E-state index contributed by atoms with van der Waals surface area (Å²) in [6.45, 7) is 2.48. The molecule has 2 aromatic carbocycles. The van der Waals surface area contributed by atoms with Crippen LogP contribution in [0.25, 0.3) is 0 Å². The molecule has 1 N–H and O–H groups in total. The van der Waals surface area contributed by atoms with Crippen LogP contribution in [0.5, 0.6) is 5.75 Å². The number of rotatable bonds is 8. The SMILES string of the molecule is CC[C@H](NC(=O)C1CCN(S(=O)(=O)c2ccc(OC)cc2)CC1)c1ccc(S(C)(=O)=O)cc1. The number of carbonyl (C=O) groups excluding carboxylic acids is 1. The van der Waals surface area contributed by atoms with E-state index in [9.17, 15) is 21.6 Å². The van der Waals surface area contributed by atoms with Crippen LogP contribution in [0, 0.1) is 5.92 Å². The molecule has 0 radical (unpaired) electrons. The maximum absolute atomic E-state index is 12.9. The van der Waals surface area contributed by atoms with Crippen LogP contribution in [0.2, 0.25) is 0 Å². The van der Waals surface area contributed by atoms with E-state index in [1.807, 2.05) is 6.92 Å². The molecule has 180 valence electrons. The Morgan fingerprint density at radius 1 is 1.00 bits per heavy atom. The molecule has 1 fully saturated rings. The predicted octanol–water partition coefficient (Wildman–Crippen LogP) is 2.77. The van der Waals surface area contributed by atoms with Crippen molar-refractivity contribution in [3.63, 3.8) is 0 Å². The van der Waals surface area contributed by atoms with Crippen LogP contribution in [0.3, 0.4) is 0 Å². The molecule has 33 heavy (non-hydrogen) atoms. The molecular weight excluding hydrogens is 464 g/mol. The molecule has 1 aliphatic rings. The number of benzene rings is 2. The third-order valence-corrected chi connectivity index (χ3v) is 9.00. The summed E-state index contributed by atoms with van der Waals surface area (Å²) in [6.07, 6.45) is 2.67. The minimum atomic E-state index is -3.63. The predicted molar refractivity (Wildman–Crippen MR) is 125 cm³/mol. The molecule has 0 spiro atoms. The molecule has 1 atom stereocenters. The van der Waals surface area contributed by atoms with E-state index in [2.05, 4.69) is 5.32 Å². The average Bonchev–Trinajstić information content (AvgIpc) is 2.82. The minimum Gasteiger partial charge on any atom is -0.497 e. The van der Waals surface area contributed by atoms with E-state index in [4.69, 9.17) is 4.74 Å². The van der Waals surface area contributed by atoms with E-state index in [1.165, 1.54) is 23.5 Å². The molecular formula is C23H30N2O6S2. The highest BCUT2D eigenvalue weighted by Crippen LogP contribution is 2.26. The van der Waals surface area contributed by atoms with Crippen LogP contribution in [-0.2, 0) is 24.7 Å². The van der Waals surface area contributed by atoms with Gasteiger partial charge in [-0.15, -0.1) is 0 Å². The summed E-state index contributed by atoms with van der Waals surface area (Å²) in [5.74, 6) is 0.188. The van der Waals surface area contributed by atoms with Crippen molar-refractivity contribution in [2.75, 3.05) is 26.5 Å². The smallest absolute Gasteiger partial charge is 0.243 e. The number of ether oxygens (including phenoxy) is 1. The summed E-state index contributed by atoms with van der Waals surface area (Å²) in [4.78, 5) is 13.3. The van der Waals surface area contributed by atoms with Gasteiger partial charge in [-0.1, -0.05) is 19.1 Å². The molecule has 1 heterocycles. The van der Waals surface area contributed by atoms with Gasteiger partial charge in [0, 0.05) is 25.3 Å². The van der Waals surface area contributed by atoms with Crippen LogP contribution in [-0.4, -0.2) is 53.5 Å². The Bertz CT molecular complexity index is 1170. The Labute approximate surface area is 195 Å². The monoisotopic (exact) mass is 494 g/mol. The van der Waals surface area contributed by atoms with Crippen molar-refractivity contribution in [1.29, 1.82) is 0 Å². The van der Waals surface area contributed by atoms with Crippen LogP contribution >= 0.6 is 0 Å². The van der Waals surface area contributed by atoms with Gasteiger partial charge in [0.1, 0.15) is 5.75 Å². The molecule has 1 aliphatic heterocycles. The lowest BCUT2D eigenvalue weighted by atomic mass is 9.96. The zero-order chi connectivity index (χ0) is 24.2. The third kappa shape index (κ3) is 5.93. The van der Waals surface area contributed by atoms with E-state index in [1.54, 1.807) is 36.4 Å². The molecule has 1 amide bonds. The second-order valence-corrected chi connectivity index (χ2v) is 12.1. The van der Waals surface area contributed by atoms with Crippen molar-refractivity contribution in [3.8, 4) is 5.75 Å². The Morgan fingerprint density at radius 3 is 2.03 bits per heavy atom. The first-order valence-corrected chi connectivity index (χ1v) is 14.1. The van der Waals surface area contributed by atoms with Gasteiger partial charge < -0.3 is 10.1 Å². The summed E-state index contributed by atoms with van der Waals surface area (Å²) < 4.78 is 55.6. The highest BCUT2D eigenvalue weighted by atomic mass is 32.2. The standard InChI is InChI=1S/C23H30N2O6S2/c1-4-22(17-5-9-20(10-6-17)32(3,27)28)24-23(26)18-13-15-25(16-14-18)33(29,30)21-11-7-19(31-2)8-12-21/h5-12,18,22H,4,13-16H2,1-3H3,(H,24,26)/t22-/m0/s1. The van der Waals surface area contributed by atoms with Crippen LogP contribution in [0.15, 0.2) is 58.3 Å². The van der Waals surface area contributed by atoms with E-state index < -0.39 is 19.9 Å². The molecule has 0 aromatic heterocycles. The maximum Gasteiger partial charge on any atom is 0.243 e. The van der Waals surface area contributed by atoms with Gasteiger partial charge in [0.2, 0.25) is 15.9 Å². The molecule has 0 aliphatic carbocycles. The number of sulfone groups is 1. The molecule has 2 aromatic rings. The lowest BCUT2D eigenvalue weighted by Gasteiger charge is -2.31. The quantitative estimate of drug-likeness (QED) is 0.604. The van der Waals surface area contributed by atoms with Crippen LogP contribution < -0.4 is 10.1 Å². The lowest BCUT2D eigenvalue weighted by Crippen LogP contribution is -2.43. The molecule has 10 heteroatoms. The summed E-state index contributed by atoms with van der Waals surface area (Å²) in [5, 5.41) is 3.04. The number of sulfonamides is 1. The fourth-order valence-electron chi connectivity index (χ4n) is 3.91. The normalized spacial score (nSPS) is 16.8. The molecule has 0 unspecified atom stereocenters. The topological polar surface area (TPSA) is 110 Å². The Balaban J connectivity index is 1.61. The van der Waals surface area contributed by atoms with Gasteiger partial charge in [-0.25, -0.2) is 16.8 Å². The number of hydrogen-bond donors (Lipinski definition) is 1. The number of piperidine rings is 1. The van der Waals surface area contributed by atoms with Gasteiger partial charge in [-0.2, -0.15) is 4.31 Å². The number of carbonyl (C=O) groups is 1. The van der Waals surface area contributed by atoms with Crippen molar-refractivity contribution in [2.45, 2.75) is 42.0 Å². The summed E-state index contributed by atoms with van der Waals surface area (Å²) in [6, 6.07) is 12.5. The Kier molecular flexibility index (Phi) is 7.81. The van der Waals surface area contributed by atoms with Crippen molar-refractivity contribution in [3.05, 3.63) is 54.1 Å². The number of nitrogens with zero attached hydrogens (tertiary/aromatic N) is 1. The fourth-order valence-corrected chi connectivity index (χ4v) is 6.01. The van der Waals surface area contributed by atoms with Gasteiger partial charge >= 0.3 is 0 Å². The van der Waals surface area contributed by atoms with Gasteiger partial charge in [-0.3, -0.25) is 4.79 Å². The number of amides is 1. The second-order valence-electron chi connectivity index (χ2n) is 8.16. The van der Waals surface area contributed by atoms with Crippen molar-refractivity contribution < 1.29 is 26.4 Å².